The summed E-state index contributed by atoms with van der Waals surface area (Å²) in [5.41, 5.74) is 7.34. The number of amides is 5. The van der Waals surface area contributed by atoms with Gasteiger partial charge in [0.15, 0.2) is 0 Å². The third-order valence-corrected chi connectivity index (χ3v) is 13.4. The molecule has 2 saturated heterocycles. The van der Waals surface area contributed by atoms with Gasteiger partial charge in [-0.15, -0.1) is 0 Å². The standard InChI is InChI=1S/C34H47N3O6.C29H39N3O4/c1-8-25-15-12-13-19-29(25)41-20-14-16-26-21-28(42-27-17-10-9-11-18-27)22-37(26)32(39)30(23(2)3)36-31(38)24(4)35-33(40)43-34(5,6)7;1-5-22-12-9-10-16-26(22)35-17-11-13-23-18-25(36-24-14-7-6-8-15-24)19-32(23)29(34)27(20(2)3)31-28(33)21(4)30/h9-19,23-24,26,28,30H,8,20-22H2,1-7H3,(H,35,40)(H,36,38);6-16,20-21,23,25,27H,5,17-19,30H2,1-4H3,(H,31,33)/b16-14+;13-11+/t24-,26+,28-,30-;21-,23+,25-,27-/m00/s1. The second-order valence-electron chi connectivity index (χ2n) is 21.7. The summed E-state index contributed by atoms with van der Waals surface area (Å²) in [6.45, 7) is 21.8. The number of carbonyl (C=O) groups is 5. The van der Waals surface area contributed by atoms with E-state index in [0.717, 1.165) is 47.0 Å². The monoisotopic (exact) mass is 1090 g/mol. The summed E-state index contributed by atoms with van der Waals surface area (Å²) in [6, 6.07) is 31.6. The molecule has 2 fully saturated rings. The number of alkyl carbamates (subject to hydrolysis) is 1. The Bertz CT molecular complexity index is 2620. The zero-order chi connectivity index (χ0) is 57.6. The largest absolute Gasteiger partial charge is 0.489 e. The van der Waals surface area contributed by atoms with Crippen molar-refractivity contribution in [2.75, 3.05) is 26.3 Å². The van der Waals surface area contributed by atoms with Gasteiger partial charge in [0.05, 0.1) is 31.2 Å². The number of hydrogen-bond donors (Lipinski definition) is 4. The number of ether oxygens (including phenoxy) is 5. The van der Waals surface area contributed by atoms with Crippen LogP contribution in [-0.2, 0) is 36.8 Å². The van der Waals surface area contributed by atoms with Crippen molar-refractivity contribution in [3.05, 3.63) is 145 Å². The molecule has 2 aliphatic heterocycles. The van der Waals surface area contributed by atoms with E-state index in [4.69, 9.17) is 29.4 Å². The van der Waals surface area contributed by atoms with Crippen LogP contribution >= 0.6 is 0 Å². The molecule has 2 aliphatic rings. The van der Waals surface area contributed by atoms with E-state index in [0.29, 0.717) is 39.1 Å². The highest BCUT2D eigenvalue weighted by atomic mass is 16.6. The van der Waals surface area contributed by atoms with Gasteiger partial charge in [0, 0.05) is 12.8 Å². The molecule has 8 atom stereocenters. The van der Waals surface area contributed by atoms with Gasteiger partial charge in [-0.25, -0.2) is 4.79 Å². The second kappa shape index (κ2) is 30.7. The first-order valence-corrected chi connectivity index (χ1v) is 27.8. The fourth-order valence-electron chi connectivity index (χ4n) is 9.15. The molecule has 4 aromatic carbocycles. The highest BCUT2D eigenvalue weighted by Crippen LogP contribution is 2.28. The molecule has 5 N–H and O–H groups in total. The highest BCUT2D eigenvalue weighted by Gasteiger charge is 2.41. The Labute approximate surface area is 468 Å². The Morgan fingerprint density at radius 2 is 0.975 bits per heavy atom. The molecule has 16 nitrogen and oxygen atoms in total. The molecule has 0 aliphatic carbocycles. The fraction of sp³-hybridized carbons (Fsp3) is 0.476. The van der Waals surface area contributed by atoms with Crippen molar-refractivity contribution in [2.45, 2.75) is 156 Å². The summed E-state index contributed by atoms with van der Waals surface area (Å²) in [7, 11) is 0. The number of carbonyl (C=O) groups excluding carboxylic acids is 5. The maximum absolute atomic E-state index is 14.0. The van der Waals surface area contributed by atoms with Crippen LogP contribution in [0.1, 0.15) is 100 Å². The smallest absolute Gasteiger partial charge is 0.408 e. The molecule has 0 radical (unpaired) electrons. The van der Waals surface area contributed by atoms with E-state index in [9.17, 15) is 24.0 Å². The van der Waals surface area contributed by atoms with Crippen molar-refractivity contribution in [2.24, 2.45) is 17.6 Å². The molecule has 0 spiro atoms. The van der Waals surface area contributed by atoms with Gasteiger partial charge >= 0.3 is 6.09 Å². The molecular weight excluding hydrogens is 1000 g/mol. The highest BCUT2D eigenvalue weighted by molar-refractivity contribution is 5.92. The van der Waals surface area contributed by atoms with Gasteiger partial charge in [0.1, 0.15) is 72.1 Å². The molecule has 2 heterocycles. The SMILES string of the molecule is CCc1ccccc1OC/C=C/[C@@H]1C[C@H](Oc2ccccc2)CN1C(=O)[C@@H](NC(=O)[C@H](C)N)C(C)C.CCc1ccccc1OC/C=C/[C@@H]1C[C@H](Oc2ccccc2)CN1C(=O)[C@@H](NC(=O)[C@H](C)NC(=O)OC(C)(C)C)C(C)C. The van der Waals surface area contributed by atoms with Gasteiger partial charge in [0.2, 0.25) is 23.6 Å². The number of nitrogens with one attached hydrogen (secondary N) is 3. The minimum Gasteiger partial charge on any atom is -0.489 e. The zero-order valence-electron chi connectivity index (χ0n) is 48.2. The molecule has 5 amide bonds. The third-order valence-electron chi connectivity index (χ3n) is 13.4. The van der Waals surface area contributed by atoms with Crippen LogP contribution in [0.3, 0.4) is 0 Å². The van der Waals surface area contributed by atoms with Crippen LogP contribution < -0.4 is 40.6 Å². The maximum Gasteiger partial charge on any atom is 0.408 e. The van der Waals surface area contributed by atoms with E-state index < -0.39 is 41.8 Å². The number of rotatable bonds is 23. The summed E-state index contributed by atoms with van der Waals surface area (Å²) in [6.07, 6.45) is 9.79. The molecule has 16 heteroatoms. The van der Waals surface area contributed by atoms with E-state index >= 15 is 0 Å². The fourth-order valence-corrected chi connectivity index (χ4v) is 9.15. The minimum absolute atomic E-state index is 0.0900. The summed E-state index contributed by atoms with van der Waals surface area (Å²) in [5, 5.41) is 8.24. The van der Waals surface area contributed by atoms with Crippen LogP contribution in [0.15, 0.2) is 133 Å². The van der Waals surface area contributed by atoms with Crippen molar-refractivity contribution in [1.82, 2.24) is 25.8 Å². The maximum atomic E-state index is 14.0. The minimum atomic E-state index is -0.893. The van der Waals surface area contributed by atoms with E-state index in [1.165, 1.54) is 0 Å². The molecule has 4 aromatic rings. The third kappa shape index (κ3) is 19.8. The average molecular weight is 1090 g/mol. The molecule has 0 aromatic heterocycles. The van der Waals surface area contributed by atoms with E-state index in [1.54, 1.807) is 44.4 Å². The predicted molar refractivity (Wildman–Crippen MR) is 309 cm³/mol. The summed E-state index contributed by atoms with van der Waals surface area (Å²) in [5.74, 6) is 1.78. The molecule has 0 unspecified atom stereocenters. The van der Waals surface area contributed by atoms with Crippen molar-refractivity contribution in [3.63, 3.8) is 0 Å². The Morgan fingerprint density at radius 3 is 1.35 bits per heavy atom. The zero-order valence-corrected chi connectivity index (χ0v) is 48.2. The molecule has 428 valence electrons. The number of nitrogens with zero attached hydrogens (tertiary/aromatic N) is 2. The van der Waals surface area contributed by atoms with E-state index in [2.05, 4.69) is 35.9 Å². The Kier molecular flexibility index (Phi) is 24.3. The van der Waals surface area contributed by atoms with Gasteiger partial charge in [-0.2, -0.15) is 0 Å². The lowest BCUT2D eigenvalue weighted by molar-refractivity contribution is -0.138. The Hall–Kier alpha value is -7.33. The number of para-hydroxylation sites is 4. The number of likely N-dealkylation sites (tertiary alicyclic amines) is 2. The normalized spacial score (nSPS) is 18.8. The quantitative estimate of drug-likeness (QED) is 0.0517. The Morgan fingerprint density at radius 1 is 0.582 bits per heavy atom. The average Bonchev–Trinajstić information content (AvgIpc) is 4.02. The van der Waals surface area contributed by atoms with Crippen molar-refractivity contribution in [3.8, 4) is 23.0 Å². The number of hydrogen-bond acceptors (Lipinski definition) is 11. The first-order chi connectivity index (χ1) is 37.7. The van der Waals surface area contributed by atoms with E-state index in [-0.39, 0.29) is 53.8 Å². The van der Waals surface area contributed by atoms with Crippen LogP contribution in [0.4, 0.5) is 4.79 Å². The summed E-state index contributed by atoms with van der Waals surface area (Å²) in [4.78, 5) is 68.7. The molecule has 6 rings (SSSR count). The molecule has 0 bridgehead atoms. The van der Waals surface area contributed by atoms with Crippen LogP contribution in [-0.4, -0.2) is 120 Å². The van der Waals surface area contributed by atoms with Crippen LogP contribution in [0, 0.1) is 11.8 Å². The Balaban J connectivity index is 0.000000295. The lowest BCUT2D eigenvalue weighted by Gasteiger charge is -2.30. The molecular formula is C63H86N6O10. The first-order valence-electron chi connectivity index (χ1n) is 27.8. The lowest BCUT2D eigenvalue weighted by Crippen LogP contribution is -2.56. The summed E-state index contributed by atoms with van der Waals surface area (Å²) >= 11 is 0. The molecule has 0 saturated carbocycles. The molecule has 79 heavy (non-hydrogen) atoms. The van der Waals surface area contributed by atoms with Gasteiger partial charge in [-0.05, 0) is 119 Å². The van der Waals surface area contributed by atoms with Crippen LogP contribution in [0.5, 0.6) is 23.0 Å². The van der Waals surface area contributed by atoms with Crippen LogP contribution in [0.25, 0.3) is 0 Å². The van der Waals surface area contributed by atoms with Gasteiger partial charge in [0.25, 0.3) is 0 Å². The van der Waals surface area contributed by atoms with Gasteiger partial charge in [-0.3, -0.25) is 19.2 Å². The van der Waals surface area contributed by atoms with Gasteiger partial charge < -0.3 is 55.2 Å². The number of nitrogens with two attached hydrogens (primary N) is 1. The van der Waals surface area contributed by atoms with Crippen molar-refractivity contribution >= 4 is 29.7 Å². The first kappa shape index (κ1) is 62.5. The van der Waals surface area contributed by atoms with Gasteiger partial charge in [-0.1, -0.05) is 126 Å². The van der Waals surface area contributed by atoms with Crippen molar-refractivity contribution < 1.29 is 47.7 Å². The lowest BCUT2D eigenvalue weighted by atomic mass is 10.0. The van der Waals surface area contributed by atoms with Crippen molar-refractivity contribution in [1.29, 1.82) is 0 Å². The predicted octanol–water partition coefficient (Wildman–Crippen LogP) is 9.01. The van der Waals surface area contributed by atoms with Crippen LogP contribution in [0.2, 0.25) is 0 Å². The van der Waals surface area contributed by atoms with E-state index in [1.807, 2.05) is 155 Å². The number of aryl methyl sites for hydroxylation is 2. The summed E-state index contributed by atoms with van der Waals surface area (Å²) < 4.78 is 29.7. The topological polar surface area (TPSA) is 200 Å². The number of benzene rings is 4. The second-order valence-corrected chi connectivity index (χ2v) is 21.7.